The lowest BCUT2D eigenvalue weighted by Crippen LogP contribution is -2.57. The summed E-state index contributed by atoms with van der Waals surface area (Å²) in [7, 11) is 0. The monoisotopic (exact) mass is 818 g/mol. The van der Waals surface area contributed by atoms with Gasteiger partial charge in [0.1, 0.15) is 0 Å². The maximum absolute atomic E-state index is 2.64. The Morgan fingerprint density at radius 3 is 1.05 bits per heavy atom. The van der Waals surface area contributed by atoms with Gasteiger partial charge in [-0.05, 0) is 80.4 Å². The van der Waals surface area contributed by atoms with Gasteiger partial charge in [0, 0.05) is 91.5 Å². The van der Waals surface area contributed by atoms with Gasteiger partial charge in [0.15, 0.2) is 0 Å². The second-order valence-corrected chi connectivity index (χ2v) is 22.1. The zero-order chi connectivity index (χ0) is 38.6. The molecule has 0 saturated carbocycles. The summed E-state index contributed by atoms with van der Waals surface area (Å²) in [5.41, 5.74) is 11.4. The second-order valence-electron chi connectivity index (χ2n) is 17.8. The standard InChI is InChI=1S/C54H31BS4/c1-54(2,3)26-20-33-31-22-35-27-12-4-8-16-41(27)56-50(35)47-45(31)39(24-37-29-14-6-10-18-43(29)58-52(37)47)55-40-25-38-30-15-7-11-19-44(30)59-53(38)48-46(40)32(34(21-26)49(33)55)23-36-28-13-5-9-17-42(28)57-51(36)48/h4-25H,1-3H3. The Morgan fingerprint density at radius 2 is 0.695 bits per heavy atom. The van der Waals surface area contributed by atoms with Crippen LogP contribution < -0.4 is 16.4 Å². The lowest BCUT2D eigenvalue weighted by molar-refractivity contribution is 0.591. The number of thiophene rings is 4. The number of fused-ring (bicyclic) bond motifs is 20. The van der Waals surface area contributed by atoms with E-state index in [0.717, 1.165) is 0 Å². The Labute approximate surface area is 355 Å². The van der Waals surface area contributed by atoms with Crippen molar-refractivity contribution in [3.05, 3.63) is 139 Å². The van der Waals surface area contributed by atoms with Gasteiger partial charge >= 0.3 is 0 Å². The molecule has 0 spiro atoms. The van der Waals surface area contributed by atoms with Crippen molar-refractivity contribution in [3.63, 3.8) is 0 Å². The van der Waals surface area contributed by atoms with Crippen LogP contribution in [0.25, 0.3) is 124 Å². The highest BCUT2D eigenvalue weighted by atomic mass is 32.1. The lowest BCUT2D eigenvalue weighted by Gasteiger charge is -2.36. The molecule has 0 amide bonds. The van der Waals surface area contributed by atoms with E-state index in [1.54, 1.807) is 0 Å². The zero-order valence-corrected chi connectivity index (χ0v) is 35.7. The van der Waals surface area contributed by atoms with Gasteiger partial charge < -0.3 is 0 Å². The van der Waals surface area contributed by atoms with Crippen LogP contribution in [0, 0.1) is 0 Å². The zero-order valence-electron chi connectivity index (χ0n) is 32.4. The molecule has 4 aromatic heterocycles. The third-order valence-corrected chi connectivity index (χ3v) is 18.6. The highest BCUT2D eigenvalue weighted by molar-refractivity contribution is 7.30. The summed E-state index contributed by atoms with van der Waals surface area (Å²) in [6.07, 6.45) is 0. The van der Waals surface area contributed by atoms with E-state index >= 15 is 0 Å². The highest BCUT2D eigenvalue weighted by Crippen LogP contribution is 2.53. The molecule has 0 bridgehead atoms. The fraction of sp³-hybridized carbons (Fsp3) is 0.0741. The van der Waals surface area contributed by atoms with Crippen LogP contribution in [0.15, 0.2) is 133 Å². The van der Waals surface area contributed by atoms with Gasteiger partial charge in [-0.25, -0.2) is 0 Å². The molecule has 6 heterocycles. The van der Waals surface area contributed by atoms with Gasteiger partial charge in [-0.1, -0.05) is 134 Å². The summed E-state index contributed by atoms with van der Waals surface area (Å²) in [5, 5.41) is 16.8. The molecule has 2 aliphatic rings. The van der Waals surface area contributed by atoms with Gasteiger partial charge in [-0.15, -0.1) is 45.3 Å². The van der Waals surface area contributed by atoms with Crippen LogP contribution in [0.4, 0.5) is 0 Å². The SMILES string of the molecule is CC(C)(C)c1cc2c3c(c1)-c1cc4c5ccccc5sc4c4c1c(cc1c5ccccc5sc14)B3c1cc3c4ccccc4sc3c3c1c-2cc1c2ccccc2sc13. The van der Waals surface area contributed by atoms with E-state index in [2.05, 4.69) is 154 Å². The largest absolute Gasteiger partial charge is 0.244 e. The molecule has 0 saturated heterocycles. The molecular weight excluding hydrogens is 788 g/mol. The molecule has 59 heavy (non-hydrogen) atoms. The van der Waals surface area contributed by atoms with Crippen molar-refractivity contribution in [2.75, 3.05) is 0 Å². The minimum Gasteiger partial charge on any atom is -0.134 e. The maximum atomic E-state index is 2.64. The Bertz CT molecular complexity index is 3850. The van der Waals surface area contributed by atoms with Crippen molar-refractivity contribution in [1.29, 1.82) is 0 Å². The minimum absolute atomic E-state index is 0.0387. The molecule has 0 nitrogen and oxygen atoms in total. The van der Waals surface area contributed by atoms with Crippen LogP contribution in [0.2, 0.25) is 0 Å². The summed E-state index contributed by atoms with van der Waals surface area (Å²) >= 11 is 7.93. The van der Waals surface area contributed by atoms with E-state index in [1.165, 1.54) is 146 Å². The van der Waals surface area contributed by atoms with Crippen LogP contribution in [0.5, 0.6) is 0 Å². The molecule has 0 N–H and O–H groups in total. The Balaban J connectivity index is 1.24. The van der Waals surface area contributed by atoms with Crippen molar-refractivity contribution < 1.29 is 0 Å². The van der Waals surface area contributed by atoms with Crippen LogP contribution in [-0.4, -0.2) is 6.71 Å². The molecule has 15 rings (SSSR count). The molecule has 0 aliphatic carbocycles. The molecule has 13 aromatic rings. The first-order chi connectivity index (χ1) is 28.9. The molecule has 274 valence electrons. The first kappa shape index (κ1) is 32.3. The van der Waals surface area contributed by atoms with Gasteiger partial charge in [0.05, 0.1) is 0 Å². The van der Waals surface area contributed by atoms with E-state index in [1.807, 2.05) is 45.3 Å². The van der Waals surface area contributed by atoms with Crippen molar-refractivity contribution in [2.45, 2.75) is 26.2 Å². The van der Waals surface area contributed by atoms with E-state index in [0.29, 0.717) is 0 Å². The lowest BCUT2D eigenvalue weighted by atomic mass is 9.31. The van der Waals surface area contributed by atoms with Crippen molar-refractivity contribution in [2.24, 2.45) is 0 Å². The summed E-state index contributed by atoms with van der Waals surface area (Å²) in [6, 6.07) is 52.0. The molecule has 9 aromatic carbocycles. The molecule has 0 radical (unpaired) electrons. The highest BCUT2D eigenvalue weighted by Gasteiger charge is 2.42. The van der Waals surface area contributed by atoms with Gasteiger partial charge in [0.25, 0.3) is 0 Å². The summed E-state index contributed by atoms with van der Waals surface area (Å²) in [4.78, 5) is 0. The second kappa shape index (κ2) is 10.8. The predicted octanol–water partition coefficient (Wildman–Crippen LogP) is 15.2. The molecule has 0 atom stereocenters. The molecule has 0 unspecified atom stereocenters. The van der Waals surface area contributed by atoms with Crippen molar-refractivity contribution in [1.82, 2.24) is 0 Å². The Hall–Kier alpha value is -5.56. The van der Waals surface area contributed by atoms with Crippen molar-refractivity contribution >= 4 is 171 Å². The van der Waals surface area contributed by atoms with E-state index in [4.69, 9.17) is 0 Å². The Morgan fingerprint density at radius 1 is 0.356 bits per heavy atom. The van der Waals surface area contributed by atoms with Gasteiger partial charge in [-0.3, -0.25) is 0 Å². The fourth-order valence-electron chi connectivity index (χ4n) is 11.2. The number of rotatable bonds is 0. The van der Waals surface area contributed by atoms with Crippen LogP contribution >= 0.6 is 45.3 Å². The first-order valence-electron chi connectivity index (χ1n) is 20.5. The third kappa shape index (κ3) is 3.92. The van der Waals surface area contributed by atoms with E-state index in [9.17, 15) is 0 Å². The molecule has 2 aliphatic heterocycles. The van der Waals surface area contributed by atoms with E-state index in [-0.39, 0.29) is 12.1 Å². The number of hydrogen-bond donors (Lipinski definition) is 0. The number of benzene rings is 9. The predicted molar refractivity (Wildman–Crippen MR) is 267 cm³/mol. The number of hydrogen-bond acceptors (Lipinski definition) is 4. The first-order valence-corrected chi connectivity index (χ1v) is 23.8. The molecule has 0 fully saturated rings. The summed E-state index contributed by atoms with van der Waals surface area (Å²) in [5.74, 6) is 0. The quantitative estimate of drug-likeness (QED) is 0.134. The van der Waals surface area contributed by atoms with Crippen molar-refractivity contribution in [3.8, 4) is 22.3 Å². The summed E-state index contributed by atoms with van der Waals surface area (Å²) in [6.45, 7) is 7.27. The molecule has 5 heteroatoms. The van der Waals surface area contributed by atoms with Crippen LogP contribution in [0.3, 0.4) is 0 Å². The molecular formula is C54H31BS4. The Kier molecular flexibility index (Phi) is 5.91. The van der Waals surface area contributed by atoms with E-state index < -0.39 is 0 Å². The van der Waals surface area contributed by atoms with Gasteiger partial charge in [0.2, 0.25) is 6.71 Å². The minimum atomic E-state index is -0.0387. The van der Waals surface area contributed by atoms with Crippen LogP contribution in [-0.2, 0) is 5.41 Å². The maximum Gasteiger partial charge on any atom is 0.244 e. The normalized spacial score (nSPS) is 13.6. The fourth-order valence-corrected chi connectivity index (χ4v) is 16.3. The average molecular weight is 819 g/mol. The van der Waals surface area contributed by atoms with Gasteiger partial charge in [-0.2, -0.15) is 0 Å². The average Bonchev–Trinajstić information content (AvgIpc) is 4.02. The topological polar surface area (TPSA) is 0 Å². The summed E-state index contributed by atoms with van der Waals surface area (Å²) < 4.78 is 11.1. The van der Waals surface area contributed by atoms with Crippen LogP contribution in [0.1, 0.15) is 26.3 Å². The third-order valence-electron chi connectivity index (χ3n) is 13.8. The smallest absolute Gasteiger partial charge is 0.134 e.